The Morgan fingerprint density at radius 3 is 3.09 bits per heavy atom. The van der Waals surface area contributed by atoms with Crippen LogP contribution in [-0.2, 0) is 6.54 Å². The van der Waals surface area contributed by atoms with Crippen molar-refractivity contribution in [3.63, 3.8) is 0 Å². The third-order valence-corrected chi connectivity index (χ3v) is 4.99. The summed E-state index contributed by atoms with van der Waals surface area (Å²) in [6, 6.07) is 1.63. The molecule has 1 aliphatic rings. The van der Waals surface area contributed by atoms with Crippen LogP contribution < -0.4 is 5.56 Å². The molecule has 0 amide bonds. The average molecular weight is 318 g/mol. The summed E-state index contributed by atoms with van der Waals surface area (Å²) in [4.78, 5) is 25.5. The molecule has 5 nitrogen and oxygen atoms in total. The predicted octanol–water partition coefficient (Wildman–Crippen LogP) is 2.73. The van der Waals surface area contributed by atoms with Crippen LogP contribution in [0.25, 0.3) is 0 Å². The molecule has 1 unspecified atom stereocenters. The van der Waals surface area contributed by atoms with Gasteiger partial charge in [0, 0.05) is 23.9 Å². The zero-order valence-corrected chi connectivity index (χ0v) is 13.9. The van der Waals surface area contributed by atoms with Crippen molar-refractivity contribution in [1.82, 2.24) is 19.9 Å². The molecule has 3 heterocycles. The molecule has 0 aliphatic carbocycles. The molecule has 1 fully saturated rings. The van der Waals surface area contributed by atoms with Crippen LogP contribution in [0.4, 0.5) is 0 Å². The molecular formula is C16H22N4OS. The summed E-state index contributed by atoms with van der Waals surface area (Å²) < 4.78 is 0. The minimum atomic E-state index is -0.0661. The van der Waals surface area contributed by atoms with E-state index in [0.29, 0.717) is 11.8 Å². The number of nitrogens with zero attached hydrogens (tertiary/aromatic N) is 3. The van der Waals surface area contributed by atoms with Crippen LogP contribution in [0.15, 0.2) is 22.6 Å². The van der Waals surface area contributed by atoms with Crippen molar-refractivity contribution in [2.75, 3.05) is 13.1 Å². The maximum Gasteiger partial charge on any atom is 0.250 e. The van der Waals surface area contributed by atoms with Gasteiger partial charge >= 0.3 is 0 Å². The Kier molecular flexibility index (Phi) is 4.69. The maximum absolute atomic E-state index is 11.5. The summed E-state index contributed by atoms with van der Waals surface area (Å²) in [6.07, 6.45) is 3.75. The van der Waals surface area contributed by atoms with Gasteiger partial charge in [-0.15, -0.1) is 11.3 Å². The molecular weight excluding hydrogens is 296 g/mol. The van der Waals surface area contributed by atoms with Crippen molar-refractivity contribution in [1.29, 1.82) is 0 Å². The van der Waals surface area contributed by atoms with Gasteiger partial charge in [-0.05, 0) is 25.3 Å². The Bertz CT molecular complexity index is 679. The standard InChI is InChI=1S/C16H22N4OS/c1-11(2)14-9-22-16(19-14)8-20-5-3-4-12(7-20)13-6-15(21)18-10-17-13/h6,9-12H,3-5,7-8H2,1-2H3,(H,17,18,21). The molecule has 1 atom stereocenters. The van der Waals surface area contributed by atoms with E-state index in [2.05, 4.69) is 34.1 Å². The van der Waals surface area contributed by atoms with Crippen LogP contribution in [0.1, 0.15) is 54.9 Å². The number of aromatic nitrogens is 3. The quantitative estimate of drug-likeness (QED) is 0.941. The first kappa shape index (κ1) is 15.4. The van der Waals surface area contributed by atoms with Crippen LogP contribution in [0.3, 0.4) is 0 Å². The Morgan fingerprint density at radius 2 is 2.36 bits per heavy atom. The van der Waals surface area contributed by atoms with Crippen molar-refractivity contribution in [2.24, 2.45) is 0 Å². The third kappa shape index (κ3) is 3.62. The van der Waals surface area contributed by atoms with Gasteiger partial charge < -0.3 is 4.98 Å². The molecule has 118 valence electrons. The van der Waals surface area contributed by atoms with Gasteiger partial charge in [-0.25, -0.2) is 9.97 Å². The fourth-order valence-corrected chi connectivity index (χ4v) is 3.90. The molecule has 0 bridgehead atoms. The molecule has 3 rings (SSSR count). The SMILES string of the molecule is CC(C)c1csc(CN2CCCC(c3cc(=O)[nH]cn3)C2)n1. The van der Waals surface area contributed by atoms with Crippen LogP contribution in [-0.4, -0.2) is 32.9 Å². The first-order valence-electron chi connectivity index (χ1n) is 7.83. The second-order valence-electron chi connectivity index (χ2n) is 6.23. The number of hydrogen-bond acceptors (Lipinski definition) is 5. The number of likely N-dealkylation sites (tertiary alicyclic amines) is 1. The van der Waals surface area contributed by atoms with Crippen molar-refractivity contribution >= 4 is 11.3 Å². The first-order valence-corrected chi connectivity index (χ1v) is 8.71. The van der Waals surface area contributed by atoms with Crippen molar-refractivity contribution < 1.29 is 0 Å². The maximum atomic E-state index is 11.5. The van der Waals surface area contributed by atoms with E-state index in [1.807, 2.05) is 0 Å². The number of hydrogen-bond donors (Lipinski definition) is 1. The molecule has 1 saturated heterocycles. The van der Waals surface area contributed by atoms with Crippen LogP contribution in [0.5, 0.6) is 0 Å². The van der Waals surface area contributed by atoms with Gasteiger partial charge in [0.05, 0.1) is 24.3 Å². The van der Waals surface area contributed by atoms with E-state index in [4.69, 9.17) is 4.98 Å². The Balaban J connectivity index is 1.66. The van der Waals surface area contributed by atoms with Gasteiger partial charge in [-0.3, -0.25) is 9.69 Å². The lowest BCUT2D eigenvalue weighted by atomic mass is 9.94. The summed E-state index contributed by atoms with van der Waals surface area (Å²) in [5.41, 5.74) is 2.03. The Hall–Kier alpha value is -1.53. The number of nitrogens with one attached hydrogen (secondary N) is 1. The summed E-state index contributed by atoms with van der Waals surface area (Å²) >= 11 is 1.75. The molecule has 0 radical (unpaired) electrons. The Morgan fingerprint density at radius 1 is 1.50 bits per heavy atom. The molecule has 0 aromatic carbocycles. The second-order valence-corrected chi connectivity index (χ2v) is 7.17. The van der Waals surface area contributed by atoms with E-state index in [1.54, 1.807) is 17.4 Å². The fourth-order valence-electron chi connectivity index (χ4n) is 2.90. The second kappa shape index (κ2) is 6.71. The number of thiazole rings is 1. The van der Waals surface area contributed by atoms with Gasteiger partial charge in [0.25, 0.3) is 5.56 Å². The van der Waals surface area contributed by atoms with Gasteiger partial charge in [0.15, 0.2) is 0 Å². The smallest absolute Gasteiger partial charge is 0.250 e. The topological polar surface area (TPSA) is 61.9 Å². The molecule has 2 aromatic rings. The highest BCUT2D eigenvalue weighted by atomic mass is 32.1. The number of piperidine rings is 1. The van der Waals surface area contributed by atoms with Crippen LogP contribution in [0, 0.1) is 0 Å². The fraction of sp³-hybridized carbons (Fsp3) is 0.562. The lowest BCUT2D eigenvalue weighted by molar-refractivity contribution is 0.198. The molecule has 1 aliphatic heterocycles. The Labute approximate surface area is 134 Å². The molecule has 1 N–H and O–H groups in total. The largest absolute Gasteiger partial charge is 0.313 e. The highest BCUT2D eigenvalue weighted by Crippen LogP contribution is 2.26. The summed E-state index contributed by atoms with van der Waals surface area (Å²) in [6.45, 7) is 7.29. The highest BCUT2D eigenvalue weighted by molar-refractivity contribution is 7.09. The van der Waals surface area contributed by atoms with Gasteiger partial charge in [-0.2, -0.15) is 0 Å². The lowest BCUT2D eigenvalue weighted by Gasteiger charge is -2.31. The van der Waals surface area contributed by atoms with E-state index in [0.717, 1.165) is 38.2 Å². The van der Waals surface area contributed by atoms with Crippen molar-refractivity contribution in [3.8, 4) is 0 Å². The van der Waals surface area contributed by atoms with Gasteiger partial charge in [0.2, 0.25) is 0 Å². The summed E-state index contributed by atoms with van der Waals surface area (Å²) in [7, 11) is 0. The third-order valence-electron chi connectivity index (χ3n) is 4.14. The van der Waals surface area contributed by atoms with Gasteiger partial charge in [-0.1, -0.05) is 13.8 Å². The van der Waals surface area contributed by atoms with Crippen molar-refractivity contribution in [3.05, 3.63) is 44.5 Å². The van der Waals surface area contributed by atoms with E-state index in [1.165, 1.54) is 17.0 Å². The van der Waals surface area contributed by atoms with Crippen molar-refractivity contribution in [2.45, 2.75) is 45.1 Å². The van der Waals surface area contributed by atoms with Crippen LogP contribution >= 0.6 is 11.3 Å². The normalized spacial score (nSPS) is 19.7. The average Bonchev–Trinajstić information content (AvgIpc) is 2.96. The first-order chi connectivity index (χ1) is 10.6. The molecule has 0 spiro atoms. The monoisotopic (exact) mass is 318 g/mol. The predicted molar refractivity (Wildman–Crippen MR) is 88.3 cm³/mol. The minimum absolute atomic E-state index is 0.0661. The summed E-state index contributed by atoms with van der Waals surface area (Å²) in [5, 5.41) is 3.35. The summed E-state index contributed by atoms with van der Waals surface area (Å²) in [5.74, 6) is 0.833. The molecule has 6 heteroatoms. The number of H-pyrrole nitrogens is 1. The molecule has 0 saturated carbocycles. The molecule has 2 aromatic heterocycles. The lowest BCUT2D eigenvalue weighted by Crippen LogP contribution is -2.34. The van der Waals surface area contributed by atoms with Gasteiger partial charge in [0.1, 0.15) is 5.01 Å². The van der Waals surface area contributed by atoms with Crippen LogP contribution in [0.2, 0.25) is 0 Å². The zero-order chi connectivity index (χ0) is 15.5. The van der Waals surface area contributed by atoms with E-state index < -0.39 is 0 Å². The van der Waals surface area contributed by atoms with E-state index in [9.17, 15) is 4.79 Å². The zero-order valence-electron chi connectivity index (χ0n) is 13.1. The number of aromatic amines is 1. The van der Waals surface area contributed by atoms with E-state index in [-0.39, 0.29) is 5.56 Å². The highest BCUT2D eigenvalue weighted by Gasteiger charge is 2.23. The van der Waals surface area contributed by atoms with E-state index >= 15 is 0 Å². The number of rotatable bonds is 4. The molecule has 22 heavy (non-hydrogen) atoms. The minimum Gasteiger partial charge on any atom is -0.313 e.